The van der Waals surface area contributed by atoms with Crippen molar-refractivity contribution in [2.45, 2.75) is 26.2 Å². The monoisotopic (exact) mass is 476 g/mol. The van der Waals surface area contributed by atoms with Crippen molar-refractivity contribution in [3.8, 4) is 10.6 Å². The molecule has 158 valence electrons. The van der Waals surface area contributed by atoms with E-state index < -0.39 is 0 Å². The summed E-state index contributed by atoms with van der Waals surface area (Å²) >= 11 is 1.84. The van der Waals surface area contributed by atoms with Gasteiger partial charge >= 0.3 is 0 Å². The largest absolute Gasteiger partial charge is 1.00 e. The fraction of sp³-hybridized carbons (Fsp3) is 0.478. The molecule has 0 bridgehead atoms. The second-order valence-corrected chi connectivity index (χ2v) is 8.96. The number of fused-ring (bicyclic) bond motifs is 2. The fourth-order valence-corrected chi connectivity index (χ4v) is 4.39. The first-order valence-corrected chi connectivity index (χ1v) is 11.0. The Morgan fingerprint density at radius 2 is 1.79 bits per heavy atom. The molecule has 0 unspecified atom stereocenters. The maximum Gasteiger partial charge on any atom is 0.201 e. The summed E-state index contributed by atoms with van der Waals surface area (Å²) in [5.74, 6) is 0. The van der Waals surface area contributed by atoms with Gasteiger partial charge in [0, 0.05) is 44.4 Å². The number of unbranched alkanes of at least 4 members (excludes halogenated alkanes) is 1. The summed E-state index contributed by atoms with van der Waals surface area (Å²) in [6.07, 6.45) is 3.60. The summed E-state index contributed by atoms with van der Waals surface area (Å²) in [6.45, 7) is 5.50. The Hall–Kier alpha value is -1.50. The van der Waals surface area contributed by atoms with Crippen LogP contribution in [0.1, 0.15) is 26.2 Å². The molecule has 0 N–H and O–H groups in total. The van der Waals surface area contributed by atoms with Gasteiger partial charge in [-0.3, -0.25) is 0 Å². The number of hydrogen-bond acceptors (Lipinski definition) is 4. The molecule has 1 heterocycles. The number of anilines is 1. The third kappa shape index (κ3) is 6.24. The highest BCUT2D eigenvalue weighted by Gasteiger charge is 2.11. The quantitative estimate of drug-likeness (QED) is 0.357. The van der Waals surface area contributed by atoms with Gasteiger partial charge in [-0.25, -0.2) is 9.56 Å². The zero-order valence-corrected chi connectivity index (χ0v) is 20.7. The van der Waals surface area contributed by atoms with Crippen molar-refractivity contribution in [2.24, 2.45) is 0 Å². The zero-order chi connectivity index (χ0) is 20.1. The molecule has 0 aromatic heterocycles. The number of aromatic nitrogens is 1. The van der Waals surface area contributed by atoms with E-state index in [2.05, 4.69) is 85.9 Å². The van der Waals surface area contributed by atoms with E-state index in [0.29, 0.717) is 0 Å². The van der Waals surface area contributed by atoms with Gasteiger partial charge < -0.3 is 26.8 Å². The van der Waals surface area contributed by atoms with Crippen molar-refractivity contribution in [2.75, 3.05) is 52.7 Å². The van der Waals surface area contributed by atoms with Crippen molar-refractivity contribution < 1.29 is 17.0 Å². The molecule has 0 spiro atoms. The van der Waals surface area contributed by atoms with Gasteiger partial charge in [0.2, 0.25) is 5.36 Å². The highest BCUT2D eigenvalue weighted by atomic mass is 79.9. The molecule has 0 saturated carbocycles. The van der Waals surface area contributed by atoms with Crippen LogP contribution in [0.3, 0.4) is 0 Å². The Morgan fingerprint density at radius 1 is 1.00 bits per heavy atom. The van der Waals surface area contributed by atoms with E-state index in [4.69, 9.17) is 4.98 Å². The van der Waals surface area contributed by atoms with Crippen LogP contribution in [0.25, 0.3) is 20.8 Å². The number of hydrogen-bond donors (Lipinski definition) is 0. The predicted octanol–water partition coefficient (Wildman–Crippen LogP) is 0.995. The summed E-state index contributed by atoms with van der Waals surface area (Å²) in [7, 11) is 8.61. The lowest BCUT2D eigenvalue weighted by Crippen LogP contribution is -3.00. The van der Waals surface area contributed by atoms with Gasteiger partial charge in [-0.1, -0.05) is 13.3 Å². The SMILES string of the molecule is CCCCN(C)c1ccc2nc3ccc(=[N+](C)CCCN(C)C)cc-3sc2c1.[Br-]. The minimum absolute atomic E-state index is 0. The maximum atomic E-state index is 4.89. The highest BCUT2D eigenvalue weighted by molar-refractivity contribution is 7.21. The van der Waals surface area contributed by atoms with E-state index in [1.54, 1.807) is 0 Å². The van der Waals surface area contributed by atoms with Crippen LogP contribution in [0.2, 0.25) is 0 Å². The summed E-state index contributed by atoms with van der Waals surface area (Å²) in [5.41, 5.74) is 3.43. The van der Waals surface area contributed by atoms with Crippen molar-refractivity contribution in [1.82, 2.24) is 14.5 Å². The Morgan fingerprint density at radius 3 is 2.52 bits per heavy atom. The van der Waals surface area contributed by atoms with Crippen LogP contribution < -0.4 is 31.8 Å². The average molecular weight is 478 g/mol. The van der Waals surface area contributed by atoms with Gasteiger partial charge in [0.15, 0.2) is 0 Å². The van der Waals surface area contributed by atoms with Gasteiger partial charge in [-0.05, 0) is 44.8 Å². The first-order valence-electron chi connectivity index (χ1n) is 10.2. The van der Waals surface area contributed by atoms with Gasteiger partial charge in [-0.15, -0.1) is 11.3 Å². The second kappa shape index (κ2) is 11.0. The molecular formula is C23H33BrN4S. The van der Waals surface area contributed by atoms with Gasteiger partial charge in [0.1, 0.15) is 13.6 Å². The molecule has 6 heteroatoms. The molecule has 2 aliphatic rings. The molecule has 4 nitrogen and oxygen atoms in total. The topological polar surface area (TPSA) is 22.4 Å². The Bertz CT molecular complexity index is 967. The summed E-state index contributed by atoms with van der Waals surface area (Å²) in [5, 5.41) is 1.26. The number of halogens is 1. The van der Waals surface area contributed by atoms with Crippen LogP contribution in [0.4, 0.5) is 5.69 Å². The molecule has 3 rings (SSSR count). The fourth-order valence-electron chi connectivity index (χ4n) is 3.35. The lowest BCUT2D eigenvalue weighted by Gasteiger charge is -2.19. The molecule has 1 aliphatic carbocycles. The standard InChI is InChI=1S/C23H33N4S.BrH/c1-6-7-14-26(4)18-9-11-20-22(16-18)28-23-17-19(10-12-21(23)24-20)27(5)15-8-13-25(2)3;/h9-12,16-17H,6-8,13-15H2,1-5H3;1H/q+1;/p-1. The van der Waals surface area contributed by atoms with E-state index in [1.165, 1.54) is 33.5 Å². The van der Waals surface area contributed by atoms with Crippen LogP contribution in [0.15, 0.2) is 36.4 Å². The van der Waals surface area contributed by atoms with Crippen molar-refractivity contribution in [3.05, 3.63) is 41.8 Å². The second-order valence-electron chi connectivity index (χ2n) is 7.87. The van der Waals surface area contributed by atoms with E-state index in [1.807, 2.05) is 11.3 Å². The first kappa shape index (κ1) is 23.8. The Balaban J connectivity index is 0.00000300. The number of rotatable bonds is 8. The summed E-state index contributed by atoms with van der Waals surface area (Å²) in [4.78, 5) is 10.7. The molecule has 1 aromatic carbocycles. The normalized spacial score (nSPS) is 12.3. The zero-order valence-electron chi connectivity index (χ0n) is 18.3. The van der Waals surface area contributed by atoms with Gasteiger partial charge in [0.25, 0.3) is 0 Å². The smallest absolute Gasteiger partial charge is 0.201 e. The van der Waals surface area contributed by atoms with Gasteiger partial charge in [-0.2, -0.15) is 0 Å². The minimum atomic E-state index is 0. The molecular weight excluding hydrogens is 444 g/mol. The Kier molecular flexibility index (Phi) is 9.05. The van der Waals surface area contributed by atoms with Gasteiger partial charge in [0.05, 0.1) is 20.8 Å². The lowest BCUT2D eigenvalue weighted by atomic mass is 10.2. The molecule has 0 radical (unpaired) electrons. The van der Waals surface area contributed by atoms with Crippen LogP contribution in [0, 0.1) is 0 Å². The summed E-state index contributed by atoms with van der Waals surface area (Å²) < 4.78 is 3.59. The third-order valence-electron chi connectivity index (χ3n) is 5.18. The third-order valence-corrected chi connectivity index (χ3v) is 6.27. The highest BCUT2D eigenvalue weighted by Crippen LogP contribution is 2.31. The van der Waals surface area contributed by atoms with Crippen LogP contribution in [-0.4, -0.2) is 57.7 Å². The van der Waals surface area contributed by atoms with E-state index in [9.17, 15) is 0 Å². The van der Waals surface area contributed by atoms with Crippen LogP contribution in [-0.2, 0) is 0 Å². The molecule has 0 saturated heterocycles. The number of nitrogens with zero attached hydrogens (tertiary/aromatic N) is 4. The lowest BCUT2D eigenvalue weighted by molar-refractivity contribution is -0.00000589. The molecule has 1 aliphatic heterocycles. The van der Waals surface area contributed by atoms with Crippen molar-refractivity contribution >= 4 is 27.2 Å². The molecule has 29 heavy (non-hydrogen) atoms. The number of benzene rings is 2. The molecule has 0 fully saturated rings. The molecule has 0 atom stereocenters. The average Bonchev–Trinajstić information content (AvgIpc) is 2.69. The van der Waals surface area contributed by atoms with E-state index in [-0.39, 0.29) is 17.0 Å². The predicted molar refractivity (Wildman–Crippen MR) is 124 cm³/mol. The van der Waals surface area contributed by atoms with E-state index >= 15 is 0 Å². The van der Waals surface area contributed by atoms with Crippen LogP contribution in [0.5, 0.6) is 0 Å². The maximum absolute atomic E-state index is 4.89. The molecule has 1 aromatic rings. The summed E-state index contributed by atoms with van der Waals surface area (Å²) in [6, 6.07) is 13.3. The van der Waals surface area contributed by atoms with Crippen molar-refractivity contribution in [3.63, 3.8) is 0 Å². The van der Waals surface area contributed by atoms with Crippen molar-refractivity contribution in [1.29, 1.82) is 0 Å². The molecule has 0 amide bonds. The first-order chi connectivity index (χ1) is 13.5. The van der Waals surface area contributed by atoms with E-state index in [0.717, 1.165) is 37.3 Å². The van der Waals surface area contributed by atoms with Crippen LogP contribution >= 0.6 is 11.3 Å². The Labute approximate surface area is 189 Å². The minimum Gasteiger partial charge on any atom is -1.00 e.